The average molecular weight is 696 g/mol. The second-order valence-electron chi connectivity index (χ2n) is 17.1. The number of rotatable bonds is 6. The van der Waals surface area contributed by atoms with Crippen LogP contribution in [0.3, 0.4) is 0 Å². The van der Waals surface area contributed by atoms with Crippen molar-refractivity contribution in [2.45, 2.75) is 148 Å². The molecule has 2 aliphatic heterocycles. The molecule has 7 fully saturated rings. The molecule has 2 N–H and O–H groups in total. The zero-order chi connectivity index (χ0) is 30.7. The van der Waals surface area contributed by atoms with E-state index in [2.05, 4.69) is 38.3 Å². The van der Waals surface area contributed by atoms with Crippen molar-refractivity contribution in [3.63, 3.8) is 0 Å². The van der Waals surface area contributed by atoms with Gasteiger partial charge in [0, 0.05) is 37.5 Å². The second kappa shape index (κ2) is 14.0. The van der Waals surface area contributed by atoms with Gasteiger partial charge in [-0.25, -0.2) is 4.79 Å². The van der Waals surface area contributed by atoms with Crippen LogP contribution in [0.5, 0.6) is 0 Å². The topological polar surface area (TPSA) is 79.9 Å². The minimum atomic E-state index is -0.324. The van der Waals surface area contributed by atoms with Crippen LogP contribution in [0.4, 0.5) is 4.79 Å². The fourth-order valence-corrected chi connectivity index (χ4v) is 12.7. The summed E-state index contributed by atoms with van der Waals surface area (Å²) in [6.45, 7) is 11.9. The molecule has 8 heteroatoms. The van der Waals surface area contributed by atoms with Crippen molar-refractivity contribution in [3.05, 3.63) is 0 Å². The monoisotopic (exact) mass is 695 g/mol. The van der Waals surface area contributed by atoms with Gasteiger partial charge in [0.2, 0.25) is 0 Å². The van der Waals surface area contributed by atoms with Crippen LogP contribution in [-0.2, 0) is 14.3 Å². The molecule has 0 unspecified atom stereocenters. The summed E-state index contributed by atoms with van der Waals surface area (Å²) < 4.78 is 13.5. The maximum Gasteiger partial charge on any atom is 1.00 e. The zero-order valence-electron chi connectivity index (χ0n) is 29.1. The summed E-state index contributed by atoms with van der Waals surface area (Å²) in [6.07, 6.45) is 20.3. The molecule has 2 heterocycles. The molecule has 0 aromatic rings. The molecule has 7 aliphatic rings. The molecular formula is C37H60N3O4Rb. The van der Waals surface area contributed by atoms with Crippen LogP contribution < -0.4 is 68.8 Å². The van der Waals surface area contributed by atoms with Gasteiger partial charge in [-0.15, -0.1) is 0 Å². The molecule has 248 valence electrons. The number of carbonyl (C=O) groups is 1. The number of ether oxygens (including phenoxy) is 2. The summed E-state index contributed by atoms with van der Waals surface area (Å²) in [5, 5.41) is 6.16. The number of urea groups is 1. The van der Waals surface area contributed by atoms with Crippen LogP contribution in [0.2, 0.25) is 0 Å². The van der Waals surface area contributed by atoms with E-state index in [1.165, 1.54) is 64.2 Å². The summed E-state index contributed by atoms with van der Waals surface area (Å²) in [7, 11) is 0. The summed E-state index contributed by atoms with van der Waals surface area (Å²) in [5.74, 6) is 4.52. The summed E-state index contributed by atoms with van der Waals surface area (Å²) in [4.78, 5) is 26.4. The van der Waals surface area contributed by atoms with Gasteiger partial charge >= 0.3 is 64.2 Å². The predicted octanol–water partition coefficient (Wildman–Crippen LogP) is 3.81. The molecule has 12 atom stereocenters. The summed E-state index contributed by atoms with van der Waals surface area (Å²) >= 11 is 0. The first kappa shape index (κ1) is 35.3. The van der Waals surface area contributed by atoms with Gasteiger partial charge in [0.1, 0.15) is 0 Å². The van der Waals surface area contributed by atoms with E-state index in [-0.39, 0.29) is 76.0 Å². The number of nitrogens with one attached hydrogen (secondary N) is 2. The molecule has 5 aliphatic carbocycles. The Balaban J connectivity index is 0.00000357. The van der Waals surface area contributed by atoms with Gasteiger partial charge in [-0.1, -0.05) is 47.0 Å². The third kappa shape index (κ3) is 6.23. The molecule has 0 radical (unpaired) electrons. The van der Waals surface area contributed by atoms with Crippen molar-refractivity contribution < 1.29 is 77.3 Å². The third-order valence-electron chi connectivity index (χ3n) is 15.1. The first-order valence-corrected chi connectivity index (χ1v) is 18.7. The molecule has 5 saturated carbocycles. The van der Waals surface area contributed by atoms with Gasteiger partial charge < -0.3 is 29.8 Å². The van der Waals surface area contributed by atoms with E-state index in [1.54, 1.807) is 6.41 Å². The first-order valence-electron chi connectivity index (χ1n) is 18.7. The van der Waals surface area contributed by atoms with Crippen LogP contribution >= 0.6 is 0 Å². The Morgan fingerprint density at radius 3 is 2.42 bits per heavy atom. The summed E-state index contributed by atoms with van der Waals surface area (Å²) in [6, 6.07) is 0.636. The van der Waals surface area contributed by atoms with E-state index in [0.717, 1.165) is 56.5 Å². The maximum absolute atomic E-state index is 13.7. The molecule has 1 spiro atoms. The van der Waals surface area contributed by atoms with Gasteiger partial charge in [-0.05, 0) is 117 Å². The van der Waals surface area contributed by atoms with Gasteiger partial charge in [0.25, 0.3) is 0 Å². The molecule has 2 saturated heterocycles. The molecule has 0 aromatic carbocycles. The van der Waals surface area contributed by atoms with Crippen molar-refractivity contribution in [2.24, 2.45) is 52.3 Å². The average Bonchev–Trinajstić information content (AvgIpc) is 3.47. The Kier molecular flexibility index (Phi) is 11.0. The van der Waals surface area contributed by atoms with E-state index in [1.807, 2.05) is 4.90 Å². The predicted molar refractivity (Wildman–Crippen MR) is 171 cm³/mol. The van der Waals surface area contributed by atoms with Gasteiger partial charge in [0.05, 0.1) is 12.7 Å². The first-order chi connectivity index (χ1) is 21.2. The van der Waals surface area contributed by atoms with Gasteiger partial charge in [-0.2, -0.15) is 6.41 Å². The number of amides is 3. The standard InChI is InChI=1S/C37H60N3O4.Rb/c1-24-12-17-37(43-22-24)25(2)33-32(44-37)21-31-29-11-10-26-20-27(13-15-35(26,3)30(29)14-16-36(31,33)4)39-34(42)40(19-18-38-23-41)28-8-6-5-7-9-28;/h24-33H,5-22H2,1-4H3,(H,38,41)(H,39,42);/q-1;+1/t24-,25-,26+,27+,29+,30-,31-,32-,33-,35-,36-,37+;/m0./s1. The number of hydrogen-bond acceptors (Lipinski definition) is 4. The molecule has 0 bridgehead atoms. The Morgan fingerprint density at radius 2 is 1.69 bits per heavy atom. The van der Waals surface area contributed by atoms with E-state index < -0.39 is 0 Å². The Morgan fingerprint density at radius 1 is 0.911 bits per heavy atom. The van der Waals surface area contributed by atoms with Gasteiger partial charge in [-0.3, -0.25) is 0 Å². The smallest absolute Gasteiger partial charge is 0.528 e. The van der Waals surface area contributed by atoms with Crippen molar-refractivity contribution in [1.82, 2.24) is 15.5 Å². The maximum atomic E-state index is 13.7. The van der Waals surface area contributed by atoms with Crippen molar-refractivity contribution in [2.75, 3.05) is 19.7 Å². The van der Waals surface area contributed by atoms with E-state index in [9.17, 15) is 9.59 Å². The second-order valence-corrected chi connectivity index (χ2v) is 17.1. The molecule has 7 nitrogen and oxygen atoms in total. The van der Waals surface area contributed by atoms with Gasteiger partial charge in [0.15, 0.2) is 5.79 Å². The number of fused-ring (bicyclic) bond motifs is 7. The molecule has 3 amide bonds. The fraction of sp³-hybridized carbons (Fsp3) is 0.946. The van der Waals surface area contributed by atoms with E-state index in [0.29, 0.717) is 59.7 Å². The zero-order valence-corrected chi connectivity index (χ0v) is 34.0. The number of carbonyl (C=O) groups excluding carboxylic acids is 2. The minimum Gasteiger partial charge on any atom is -0.528 e. The SMILES string of the molecule is C[C@H]1CC[C@@]2(OC1)O[C@H]1C[C@H]3[C@@H]4CC[C@@H]5C[C@H](NC(=O)N(CCN[C-]=O)C6CCCCC6)CC[C@]5(C)[C@H]4CC[C@]3(C)[C@H]1[C@@H]2C.[Rb+]. The number of nitrogens with zero attached hydrogens (tertiary/aromatic N) is 1. The normalized spacial score (nSPS) is 47.4. The summed E-state index contributed by atoms with van der Waals surface area (Å²) in [5.41, 5.74) is 0.751. The fourth-order valence-electron chi connectivity index (χ4n) is 12.7. The van der Waals surface area contributed by atoms with Crippen LogP contribution in [0.1, 0.15) is 124 Å². The Labute approximate surface area is 322 Å². The van der Waals surface area contributed by atoms with Crippen molar-refractivity contribution >= 4 is 12.4 Å². The Bertz CT molecular complexity index is 1060. The Hall–Kier alpha value is 0.465. The minimum absolute atomic E-state index is 0. The van der Waals surface area contributed by atoms with Crippen LogP contribution in [0, 0.1) is 52.3 Å². The molecular weight excluding hydrogens is 636 g/mol. The van der Waals surface area contributed by atoms with Crippen molar-refractivity contribution in [3.8, 4) is 0 Å². The molecule has 45 heavy (non-hydrogen) atoms. The van der Waals surface area contributed by atoms with Crippen LogP contribution in [-0.4, -0.2) is 61.0 Å². The van der Waals surface area contributed by atoms with E-state index >= 15 is 0 Å². The van der Waals surface area contributed by atoms with Crippen LogP contribution in [0.25, 0.3) is 0 Å². The van der Waals surface area contributed by atoms with Crippen LogP contribution in [0.15, 0.2) is 0 Å². The molecule has 7 rings (SSSR count). The quantitative estimate of drug-likeness (QED) is 0.252. The third-order valence-corrected chi connectivity index (χ3v) is 15.1. The van der Waals surface area contributed by atoms with E-state index in [4.69, 9.17) is 9.47 Å². The molecule has 0 aromatic heterocycles. The largest absolute Gasteiger partial charge is 1.00 e. The van der Waals surface area contributed by atoms with Crippen molar-refractivity contribution in [1.29, 1.82) is 0 Å². The number of hydrogen-bond donors (Lipinski definition) is 2.